The number of nitrogen functional groups attached to an aromatic ring is 1. The number of amides is 2. The molecule has 7 rings (SSSR count). The number of phosphoric acid groups is 3. The quantitative estimate of drug-likeness (QED) is 0.0255. The second-order valence-corrected chi connectivity index (χ2v) is 19.9. The van der Waals surface area contributed by atoms with Gasteiger partial charge in [-0.2, -0.15) is 13.6 Å². The van der Waals surface area contributed by atoms with Crippen molar-refractivity contribution in [1.82, 2.24) is 25.2 Å². The standard InChI is InChI=1S/C41H41N6O20P3/c42-41-45-37-35(39(53)46-41)22(19-47(37)34-18-29(50)32(65-34)20-63-69(59,60)67-70(61,62)66-68(56,57)58)5-4-14-43-33(51)6-2-1-3-13-44-38(52)21-7-10-25(28(15-21)40(54)55)36-26-11-8-23(48)16-30(26)64-31-17-24(49)9-12-27(31)36/h7-12,15-17,19,29,32,34,48,50H,1-3,6,13-14,18,20H2,(H,43,51)(H,44,52)(H,54,55)(H,59,60)(H,61,62)(H2,56,57,58)(H3,42,45,46,53)/t29-,32+,34+/m0/s1. The highest BCUT2D eigenvalue weighted by molar-refractivity contribution is 7.66. The van der Waals surface area contributed by atoms with Crippen LogP contribution >= 0.6 is 23.5 Å². The second-order valence-electron chi connectivity index (χ2n) is 15.4. The molecule has 0 bridgehead atoms. The number of aromatic carboxylic acids is 1. The third kappa shape index (κ3) is 12.4. The zero-order valence-electron chi connectivity index (χ0n) is 35.9. The number of aliphatic hydroxyl groups is 1. The summed E-state index contributed by atoms with van der Waals surface area (Å²) in [5, 5.41) is 36.7. The number of hydrogen-bond donors (Lipinski definition) is 11. The van der Waals surface area contributed by atoms with Crippen molar-refractivity contribution in [3.63, 3.8) is 0 Å². The molecule has 370 valence electrons. The van der Waals surface area contributed by atoms with Crippen molar-refractivity contribution in [3.8, 4) is 40.0 Å². The number of nitrogens with one attached hydrogen (secondary N) is 3. The number of nitrogens with two attached hydrogens (primary N) is 1. The van der Waals surface area contributed by atoms with Gasteiger partial charge in [-0.1, -0.05) is 24.3 Å². The summed E-state index contributed by atoms with van der Waals surface area (Å²) in [7, 11) is -17.0. The number of anilines is 1. The number of aromatic hydroxyl groups is 1. The van der Waals surface area contributed by atoms with Crippen molar-refractivity contribution in [2.75, 3.05) is 25.4 Å². The summed E-state index contributed by atoms with van der Waals surface area (Å²) in [4.78, 5) is 106. The number of phosphoric ester groups is 1. The molecule has 0 spiro atoms. The van der Waals surface area contributed by atoms with Gasteiger partial charge in [0.25, 0.3) is 11.5 Å². The van der Waals surface area contributed by atoms with Gasteiger partial charge >= 0.3 is 29.4 Å². The Kier molecular flexibility index (Phi) is 15.3. The van der Waals surface area contributed by atoms with Crippen LogP contribution in [0, 0.1) is 11.8 Å². The fourth-order valence-corrected chi connectivity index (χ4v) is 10.5. The molecule has 29 heteroatoms. The molecule has 1 saturated heterocycles. The smallest absolute Gasteiger partial charge is 0.490 e. The number of ether oxygens (including phenoxy) is 1. The fourth-order valence-electron chi connectivity index (χ4n) is 7.49. The molecule has 12 N–H and O–H groups in total. The fraction of sp³-hybridized carbons (Fsp3) is 0.268. The molecule has 2 aromatic heterocycles. The predicted octanol–water partition coefficient (Wildman–Crippen LogP) is 3.04. The van der Waals surface area contributed by atoms with Crippen LogP contribution in [-0.2, 0) is 36.4 Å². The number of aromatic nitrogens is 3. The normalized spacial score (nSPS) is 17.7. The van der Waals surface area contributed by atoms with Crippen LogP contribution in [-0.4, -0.2) is 99.1 Å². The Morgan fingerprint density at radius 1 is 0.943 bits per heavy atom. The van der Waals surface area contributed by atoms with E-state index in [1.807, 2.05) is 0 Å². The molecule has 2 unspecified atom stereocenters. The number of phenols is 1. The molecule has 5 atom stereocenters. The summed E-state index contributed by atoms with van der Waals surface area (Å²) >= 11 is 0. The van der Waals surface area contributed by atoms with Gasteiger partial charge in [-0.05, 0) is 54.8 Å². The molecule has 70 heavy (non-hydrogen) atoms. The summed E-state index contributed by atoms with van der Waals surface area (Å²) in [6, 6.07) is 12.6. The highest BCUT2D eigenvalue weighted by atomic mass is 31.3. The van der Waals surface area contributed by atoms with Crippen LogP contribution < -0.4 is 27.4 Å². The Morgan fingerprint density at radius 3 is 2.44 bits per heavy atom. The monoisotopic (exact) mass is 1030 g/mol. The molecule has 26 nitrogen and oxygen atoms in total. The molecular formula is C41H41N6O20P3. The summed E-state index contributed by atoms with van der Waals surface area (Å²) in [6.07, 6.45) is -1.22. The van der Waals surface area contributed by atoms with Crippen LogP contribution in [0.5, 0.6) is 5.75 Å². The average molecular weight is 1030 g/mol. The van der Waals surface area contributed by atoms with Crippen molar-refractivity contribution in [1.29, 1.82) is 0 Å². The number of unbranched alkanes of at least 4 members (excludes halogenated alkanes) is 2. The molecular weight excluding hydrogens is 989 g/mol. The Labute approximate surface area is 392 Å². The lowest BCUT2D eigenvalue weighted by molar-refractivity contribution is -0.121. The number of H-pyrrole nitrogens is 1. The molecule has 2 aromatic carbocycles. The molecule has 2 amide bonds. The topological polar surface area (TPSA) is 412 Å². The Hall–Kier alpha value is -6.55. The number of aromatic amines is 1. The van der Waals surface area contributed by atoms with E-state index in [4.69, 9.17) is 24.7 Å². The third-order valence-corrected chi connectivity index (χ3v) is 14.3. The van der Waals surface area contributed by atoms with Gasteiger partial charge < -0.3 is 65.0 Å². The van der Waals surface area contributed by atoms with Crippen molar-refractivity contribution >= 4 is 69.2 Å². The zero-order chi connectivity index (χ0) is 50.7. The van der Waals surface area contributed by atoms with Crippen molar-refractivity contribution in [3.05, 3.63) is 98.1 Å². The number of nitrogens with zero attached hydrogens (tertiary/aromatic N) is 2. The van der Waals surface area contributed by atoms with E-state index in [9.17, 15) is 62.8 Å². The van der Waals surface area contributed by atoms with E-state index in [1.165, 1.54) is 59.3 Å². The lowest BCUT2D eigenvalue weighted by atomic mass is 9.90. The number of benzene rings is 3. The van der Waals surface area contributed by atoms with Crippen LogP contribution in [0.25, 0.3) is 44.5 Å². The van der Waals surface area contributed by atoms with Crippen molar-refractivity contribution in [2.24, 2.45) is 0 Å². The molecule has 1 fully saturated rings. The number of carboxylic acids is 1. The lowest BCUT2D eigenvalue weighted by Crippen LogP contribution is -2.26. The second kappa shape index (κ2) is 20.8. The zero-order valence-corrected chi connectivity index (χ0v) is 38.6. The number of hydrogen-bond acceptors (Lipinski definition) is 17. The number of carbonyl (C=O) groups is 3. The Bertz CT molecular complexity index is 3340. The minimum absolute atomic E-state index is 0.0355. The maximum atomic E-state index is 13.1. The van der Waals surface area contributed by atoms with Gasteiger partial charge in [0.15, 0.2) is 11.1 Å². The summed E-state index contributed by atoms with van der Waals surface area (Å²) in [6.45, 7) is -0.872. The van der Waals surface area contributed by atoms with E-state index in [-0.39, 0.29) is 93.6 Å². The Morgan fingerprint density at radius 2 is 1.70 bits per heavy atom. The molecule has 0 saturated carbocycles. The van der Waals surface area contributed by atoms with Gasteiger partial charge in [-0.25, -0.2) is 18.5 Å². The summed E-state index contributed by atoms with van der Waals surface area (Å²) in [5.41, 5.74) is 6.06. The number of carboxylic acid groups (broad SMARTS) is 1. The molecule has 2 aliphatic heterocycles. The van der Waals surface area contributed by atoms with Crippen LogP contribution in [0.1, 0.15) is 64.6 Å². The van der Waals surface area contributed by atoms with E-state index in [0.717, 1.165) is 0 Å². The van der Waals surface area contributed by atoms with Gasteiger partial charge in [-0.15, -0.1) is 0 Å². The highest BCUT2D eigenvalue weighted by Crippen LogP contribution is 2.66. The van der Waals surface area contributed by atoms with Gasteiger partial charge in [-0.3, -0.25) is 28.7 Å². The minimum Gasteiger partial charge on any atom is -0.508 e. The summed E-state index contributed by atoms with van der Waals surface area (Å²) in [5.74, 6) is 3.11. The maximum absolute atomic E-state index is 13.1. The first-order valence-corrected chi connectivity index (χ1v) is 25.1. The first-order valence-electron chi connectivity index (χ1n) is 20.6. The minimum atomic E-state index is -5.80. The van der Waals surface area contributed by atoms with E-state index >= 15 is 0 Å². The number of rotatable bonds is 18. The SMILES string of the molecule is Nc1nc2c(c(C#CCNC(=O)CCCCCNC(=O)c3ccc(-c4c5ccc(=O)cc-5oc5cc(O)ccc45)c(C(=O)O)c3)cn2[C@H]2C[C@H](O)[C@@H](COP(=O)(O)OP(=O)(O)OP(=O)(O)O)O2)c(=O)[nH]1. The molecule has 0 radical (unpaired) electrons. The van der Waals surface area contributed by atoms with Crippen molar-refractivity contribution in [2.45, 2.75) is 50.5 Å². The van der Waals surface area contributed by atoms with Crippen LogP contribution in [0.15, 0.2) is 74.8 Å². The van der Waals surface area contributed by atoms with E-state index in [2.05, 4.69) is 45.6 Å². The average Bonchev–Trinajstić information content (AvgIpc) is 3.82. The third-order valence-electron chi connectivity index (χ3n) is 10.5. The van der Waals surface area contributed by atoms with Gasteiger partial charge in [0.1, 0.15) is 29.4 Å². The van der Waals surface area contributed by atoms with Gasteiger partial charge in [0, 0.05) is 59.8 Å². The molecule has 3 aliphatic rings. The number of aliphatic hydroxyl groups excluding tert-OH is 1. The largest absolute Gasteiger partial charge is 0.508 e. The van der Waals surface area contributed by atoms with Gasteiger partial charge in [0.2, 0.25) is 11.9 Å². The van der Waals surface area contributed by atoms with Crippen LogP contribution in [0.3, 0.4) is 0 Å². The molecule has 4 aromatic rings. The predicted molar refractivity (Wildman–Crippen MR) is 243 cm³/mol. The first kappa shape index (κ1) is 51.3. The lowest BCUT2D eigenvalue weighted by Gasteiger charge is -2.19. The maximum Gasteiger partial charge on any atom is 0.490 e. The van der Waals surface area contributed by atoms with Gasteiger partial charge in [0.05, 0.1) is 35.8 Å². The molecule has 1 aliphatic carbocycles. The van der Waals surface area contributed by atoms with Crippen LogP contribution in [0.4, 0.5) is 5.95 Å². The first-order chi connectivity index (χ1) is 33.0. The highest BCUT2D eigenvalue weighted by Gasteiger charge is 2.43. The van der Waals surface area contributed by atoms with E-state index in [1.54, 1.807) is 6.07 Å². The Balaban J connectivity index is 0.899. The van der Waals surface area contributed by atoms with E-state index in [0.29, 0.717) is 35.8 Å². The van der Waals surface area contributed by atoms with E-state index < -0.39 is 65.9 Å². The number of fused-ring (bicyclic) bond motifs is 3. The number of carbonyl (C=O) groups excluding carboxylic acids is 2. The summed E-state index contributed by atoms with van der Waals surface area (Å²) < 4.78 is 59.5. The van der Waals surface area contributed by atoms with Crippen LogP contribution in [0.2, 0.25) is 0 Å². The molecule has 4 heterocycles. The number of phenolic OH excluding ortho intramolecular Hbond substituents is 1. The van der Waals surface area contributed by atoms with Crippen molar-refractivity contribution < 1.29 is 85.3 Å².